The Morgan fingerprint density at radius 3 is 2.72 bits per heavy atom. The summed E-state index contributed by atoms with van der Waals surface area (Å²) >= 11 is 1.77. The van der Waals surface area contributed by atoms with Gasteiger partial charge in [0.2, 0.25) is 0 Å². The van der Waals surface area contributed by atoms with E-state index in [9.17, 15) is 4.79 Å². The van der Waals surface area contributed by atoms with Gasteiger partial charge in [-0.2, -0.15) is 0 Å². The van der Waals surface area contributed by atoms with Gasteiger partial charge in [0.25, 0.3) is 0 Å². The van der Waals surface area contributed by atoms with Crippen molar-refractivity contribution in [3.63, 3.8) is 0 Å². The molecule has 0 aliphatic carbocycles. The molecule has 2 aliphatic heterocycles. The van der Waals surface area contributed by atoms with Gasteiger partial charge in [-0.15, -0.1) is 0 Å². The van der Waals surface area contributed by atoms with Crippen molar-refractivity contribution in [1.29, 1.82) is 0 Å². The smallest absolute Gasteiger partial charge is 0.338 e. The highest BCUT2D eigenvalue weighted by Crippen LogP contribution is 2.40. The summed E-state index contributed by atoms with van der Waals surface area (Å²) in [6.07, 6.45) is 1.09. The van der Waals surface area contributed by atoms with Crippen LogP contribution in [-0.4, -0.2) is 49.0 Å². The van der Waals surface area contributed by atoms with Crippen LogP contribution in [0, 0.1) is 0 Å². The maximum Gasteiger partial charge on any atom is 0.338 e. The van der Waals surface area contributed by atoms with Gasteiger partial charge in [0.05, 0.1) is 23.9 Å². The SMILES string of the molecule is CCOC(=O)C1=C(C)N=C2SCCCN2[C@H]1c1ccc(N(C)C)cc1. The minimum atomic E-state index is -0.264. The fourth-order valence-corrected chi connectivity index (χ4v) is 4.26. The monoisotopic (exact) mass is 359 g/mol. The van der Waals surface area contributed by atoms with Crippen LogP contribution in [0.2, 0.25) is 0 Å². The highest BCUT2D eigenvalue weighted by atomic mass is 32.2. The molecule has 0 unspecified atom stereocenters. The molecule has 0 N–H and O–H groups in total. The molecule has 134 valence electrons. The summed E-state index contributed by atoms with van der Waals surface area (Å²) < 4.78 is 5.34. The highest BCUT2D eigenvalue weighted by molar-refractivity contribution is 8.13. The maximum atomic E-state index is 12.7. The van der Waals surface area contributed by atoms with Crippen LogP contribution >= 0.6 is 11.8 Å². The second-order valence-electron chi connectivity index (χ2n) is 6.40. The first-order valence-corrected chi connectivity index (χ1v) is 9.64. The molecule has 0 saturated carbocycles. The average Bonchev–Trinajstić information content (AvgIpc) is 2.60. The van der Waals surface area contributed by atoms with Crippen molar-refractivity contribution >= 4 is 28.6 Å². The minimum absolute atomic E-state index is 0.129. The lowest BCUT2D eigenvalue weighted by Gasteiger charge is -2.40. The number of hydrogen-bond donors (Lipinski definition) is 0. The van der Waals surface area contributed by atoms with E-state index in [1.165, 1.54) is 0 Å². The van der Waals surface area contributed by atoms with Crippen molar-refractivity contribution in [3.8, 4) is 0 Å². The first-order valence-electron chi connectivity index (χ1n) is 8.66. The van der Waals surface area contributed by atoms with Crippen molar-refractivity contribution in [2.75, 3.05) is 37.9 Å². The fourth-order valence-electron chi connectivity index (χ4n) is 3.24. The molecule has 1 fully saturated rings. The first kappa shape index (κ1) is 17.9. The number of carbonyl (C=O) groups excluding carboxylic acids is 1. The van der Waals surface area contributed by atoms with E-state index >= 15 is 0 Å². The number of benzene rings is 1. The summed E-state index contributed by atoms with van der Waals surface area (Å²) in [5.41, 5.74) is 3.66. The van der Waals surface area contributed by atoms with Gasteiger partial charge < -0.3 is 14.5 Å². The van der Waals surface area contributed by atoms with Gasteiger partial charge in [-0.1, -0.05) is 23.9 Å². The van der Waals surface area contributed by atoms with Crippen LogP contribution in [0.15, 0.2) is 40.5 Å². The number of allylic oxidation sites excluding steroid dienone is 1. The Bertz CT molecular complexity index is 710. The number of esters is 1. The van der Waals surface area contributed by atoms with E-state index in [2.05, 4.69) is 39.1 Å². The zero-order valence-electron chi connectivity index (χ0n) is 15.3. The molecule has 0 spiro atoms. The van der Waals surface area contributed by atoms with Gasteiger partial charge in [0, 0.05) is 32.1 Å². The lowest BCUT2D eigenvalue weighted by molar-refractivity contribution is -0.139. The number of hydrogen-bond acceptors (Lipinski definition) is 6. The van der Waals surface area contributed by atoms with E-state index in [4.69, 9.17) is 4.74 Å². The standard InChI is InChI=1S/C19H25N3O2S/c1-5-24-18(23)16-13(2)20-19-22(11-6-12-25-19)17(16)14-7-9-15(10-8-14)21(3)4/h7-10,17H,5-6,11-12H2,1-4H3/t17-/m0/s1. The second-order valence-corrected chi connectivity index (χ2v) is 7.46. The molecular formula is C19H25N3O2S. The van der Waals surface area contributed by atoms with Gasteiger partial charge in [-0.05, 0) is 38.0 Å². The van der Waals surface area contributed by atoms with Gasteiger partial charge in [-0.25, -0.2) is 9.79 Å². The molecule has 1 atom stereocenters. The fraction of sp³-hybridized carbons (Fsp3) is 0.474. The second kappa shape index (κ2) is 7.52. The van der Waals surface area contributed by atoms with Gasteiger partial charge in [0.15, 0.2) is 5.17 Å². The largest absolute Gasteiger partial charge is 0.463 e. The third kappa shape index (κ3) is 3.54. The van der Waals surface area contributed by atoms with Gasteiger partial charge in [-0.3, -0.25) is 0 Å². The Labute approximate surface area is 153 Å². The number of thioether (sulfide) groups is 1. The lowest BCUT2D eigenvalue weighted by Crippen LogP contribution is -2.42. The molecule has 1 aromatic rings. The number of anilines is 1. The zero-order chi connectivity index (χ0) is 18.0. The van der Waals surface area contributed by atoms with Crippen LogP contribution in [0.4, 0.5) is 5.69 Å². The minimum Gasteiger partial charge on any atom is -0.463 e. The number of ether oxygens (including phenoxy) is 1. The Hall–Kier alpha value is -1.95. The van der Waals surface area contributed by atoms with Crippen molar-refractivity contribution in [2.24, 2.45) is 4.99 Å². The van der Waals surface area contributed by atoms with Crippen LogP contribution < -0.4 is 4.90 Å². The number of aliphatic imine (C=N–C) groups is 1. The molecule has 0 amide bonds. The molecule has 0 aromatic heterocycles. The summed E-state index contributed by atoms with van der Waals surface area (Å²) in [6, 6.07) is 8.27. The van der Waals surface area contributed by atoms with E-state index in [1.807, 2.05) is 27.9 Å². The zero-order valence-corrected chi connectivity index (χ0v) is 16.1. The van der Waals surface area contributed by atoms with Crippen LogP contribution in [0.5, 0.6) is 0 Å². The third-order valence-corrected chi connectivity index (χ3v) is 5.56. The normalized spacial score (nSPS) is 20.1. The molecule has 3 rings (SSSR count). The molecule has 25 heavy (non-hydrogen) atoms. The highest BCUT2D eigenvalue weighted by Gasteiger charge is 2.37. The quantitative estimate of drug-likeness (QED) is 0.771. The summed E-state index contributed by atoms with van der Waals surface area (Å²) in [5, 5.41) is 1.01. The van der Waals surface area contributed by atoms with Crippen LogP contribution in [0.3, 0.4) is 0 Å². The maximum absolute atomic E-state index is 12.7. The van der Waals surface area contributed by atoms with E-state index in [0.717, 1.165) is 40.8 Å². The number of rotatable bonds is 4. The van der Waals surface area contributed by atoms with Gasteiger partial charge in [0.1, 0.15) is 0 Å². The van der Waals surface area contributed by atoms with E-state index < -0.39 is 0 Å². The Kier molecular flexibility index (Phi) is 5.37. The number of amidine groups is 1. The van der Waals surface area contributed by atoms with Crippen molar-refractivity contribution in [2.45, 2.75) is 26.3 Å². The van der Waals surface area contributed by atoms with E-state index in [-0.39, 0.29) is 12.0 Å². The molecule has 2 heterocycles. The van der Waals surface area contributed by atoms with E-state index in [1.54, 1.807) is 11.8 Å². The van der Waals surface area contributed by atoms with Crippen molar-refractivity contribution in [1.82, 2.24) is 4.90 Å². The van der Waals surface area contributed by atoms with Crippen molar-refractivity contribution in [3.05, 3.63) is 41.1 Å². The molecule has 0 radical (unpaired) electrons. The summed E-state index contributed by atoms with van der Waals surface area (Å²) in [5.74, 6) is 0.809. The number of fused-ring (bicyclic) bond motifs is 1. The molecule has 5 nitrogen and oxygen atoms in total. The molecule has 2 aliphatic rings. The predicted octanol–water partition coefficient (Wildman–Crippen LogP) is 3.44. The Balaban J connectivity index is 2.05. The first-order chi connectivity index (χ1) is 12.0. The topological polar surface area (TPSA) is 45.1 Å². The Morgan fingerprint density at radius 1 is 1.36 bits per heavy atom. The third-order valence-electron chi connectivity index (χ3n) is 4.48. The number of carbonyl (C=O) groups is 1. The molecule has 6 heteroatoms. The predicted molar refractivity (Wildman–Crippen MR) is 104 cm³/mol. The molecule has 1 saturated heterocycles. The summed E-state index contributed by atoms with van der Waals surface area (Å²) in [4.78, 5) is 21.7. The lowest BCUT2D eigenvalue weighted by atomic mass is 9.94. The van der Waals surface area contributed by atoms with Crippen molar-refractivity contribution < 1.29 is 9.53 Å². The summed E-state index contributed by atoms with van der Waals surface area (Å²) in [7, 11) is 4.05. The molecule has 1 aromatic carbocycles. The van der Waals surface area contributed by atoms with Crippen LogP contribution in [-0.2, 0) is 9.53 Å². The van der Waals surface area contributed by atoms with Crippen LogP contribution in [0.25, 0.3) is 0 Å². The Morgan fingerprint density at radius 2 is 2.08 bits per heavy atom. The van der Waals surface area contributed by atoms with E-state index in [0.29, 0.717) is 12.2 Å². The summed E-state index contributed by atoms with van der Waals surface area (Å²) in [6.45, 7) is 5.02. The van der Waals surface area contributed by atoms with Gasteiger partial charge >= 0.3 is 5.97 Å². The molecule has 0 bridgehead atoms. The average molecular weight is 359 g/mol. The van der Waals surface area contributed by atoms with Crippen LogP contribution in [0.1, 0.15) is 31.9 Å². The molecular weight excluding hydrogens is 334 g/mol. The number of nitrogens with zero attached hydrogens (tertiary/aromatic N) is 3.